The summed E-state index contributed by atoms with van der Waals surface area (Å²) in [6, 6.07) is 0. The Hall–Kier alpha value is -1.46. The average Bonchev–Trinajstić information content (AvgIpc) is 2.88. The molecule has 1 fully saturated rings. The molecule has 1 heterocycles. The fourth-order valence-electron chi connectivity index (χ4n) is 2.73. The van der Waals surface area contributed by atoms with Gasteiger partial charge in [0.15, 0.2) is 5.82 Å². The van der Waals surface area contributed by atoms with E-state index in [2.05, 4.69) is 36.3 Å². The van der Waals surface area contributed by atoms with Crippen LogP contribution in [0.25, 0.3) is 0 Å². The summed E-state index contributed by atoms with van der Waals surface area (Å²) in [7, 11) is 0. The third-order valence-electron chi connectivity index (χ3n) is 3.76. The molecular formula is C13H22N4O2. The third kappa shape index (κ3) is 3.11. The lowest BCUT2D eigenvalue weighted by molar-refractivity contribution is -0.149. The van der Waals surface area contributed by atoms with E-state index in [-0.39, 0.29) is 5.41 Å². The van der Waals surface area contributed by atoms with E-state index < -0.39 is 11.4 Å². The minimum absolute atomic E-state index is 0.0819. The Morgan fingerprint density at radius 2 is 2.00 bits per heavy atom. The van der Waals surface area contributed by atoms with Crippen molar-refractivity contribution in [1.29, 1.82) is 0 Å². The molecule has 0 aliphatic heterocycles. The molecule has 1 N–H and O–H groups in total. The van der Waals surface area contributed by atoms with Crippen molar-refractivity contribution in [1.82, 2.24) is 20.2 Å². The summed E-state index contributed by atoms with van der Waals surface area (Å²) >= 11 is 0. The molecule has 6 heteroatoms. The minimum Gasteiger partial charge on any atom is -0.481 e. The monoisotopic (exact) mass is 266 g/mol. The standard InChI is InChI=1S/C13H22N4O2/c1-12(2,3)8-10-14-15-16-17(10)9-13(11(18)19)6-4-5-7-13/h4-9H2,1-3H3,(H,18,19). The van der Waals surface area contributed by atoms with Crippen LogP contribution in [0.1, 0.15) is 52.3 Å². The fourth-order valence-corrected chi connectivity index (χ4v) is 2.73. The lowest BCUT2D eigenvalue weighted by atomic mass is 9.86. The van der Waals surface area contributed by atoms with Crippen LogP contribution in [0, 0.1) is 10.8 Å². The first-order valence-electron chi connectivity index (χ1n) is 6.81. The highest BCUT2D eigenvalue weighted by Gasteiger charge is 2.42. The normalized spacial score (nSPS) is 18.7. The third-order valence-corrected chi connectivity index (χ3v) is 3.76. The largest absolute Gasteiger partial charge is 0.481 e. The van der Waals surface area contributed by atoms with Crippen molar-refractivity contribution in [2.45, 2.75) is 59.4 Å². The second-order valence-electron chi connectivity index (χ2n) is 6.78. The fraction of sp³-hybridized carbons (Fsp3) is 0.846. The van der Waals surface area contributed by atoms with Crippen molar-refractivity contribution in [3.8, 4) is 0 Å². The molecule has 0 aromatic carbocycles. The second kappa shape index (κ2) is 4.90. The van der Waals surface area contributed by atoms with Crippen LogP contribution in [0.4, 0.5) is 0 Å². The zero-order valence-corrected chi connectivity index (χ0v) is 11.9. The van der Waals surface area contributed by atoms with E-state index in [1.54, 1.807) is 4.68 Å². The Kier molecular flexibility index (Phi) is 3.60. The van der Waals surface area contributed by atoms with E-state index in [1.807, 2.05) is 0 Å². The first-order chi connectivity index (χ1) is 8.82. The van der Waals surface area contributed by atoms with E-state index in [9.17, 15) is 9.90 Å². The van der Waals surface area contributed by atoms with Gasteiger partial charge in [0.25, 0.3) is 0 Å². The Morgan fingerprint density at radius 3 is 2.53 bits per heavy atom. The smallest absolute Gasteiger partial charge is 0.311 e. The number of rotatable bonds is 4. The Bertz CT molecular complexity index is 455. The van der Waals surface area contributed by atoms with Gasteiger partial charge in [-0.3, -0.25) is 4.79 Å². The summed E-state index contributed by atoms with van der Waals surface area (Å²) in [4.78, 5) is 11.6. The molecule has 0 bridgehead atoms. The molecule has 106 valence electrons. The molecule has 1 aromatic rings. The number of nitrogens with zero attached hydrogens (tertiary/aromatic N) is 4. The van der Waals surface area contributed by atoms with Crippen LogP contribution < -0.4 is 0 Å². The maximum atomic E-state index is 11.6. The molecule has 0 atom stereocenters. The van der Waals surface area contributed by atoms with Crippen LogP contribution in [0.15, 0.2) is 0 Å². The molecule has 19 heavy (non-hydrogen) atoms. The zero-order chi connectivity index (χ0) is 14.1. The first-order valence-corrected chi connectivity index (χ1v) is 6.81. The summed E-state index contributed by atoms with van der Waals surface area (Å²) in [6.45, 7) is 6.75. The van der Waals surface area contributed by atoms with E-state index in [1.165, 1.54) is 0 Å². The van der Waals surface area contributed by atoms with Gasteiger partial charge >= 0.3 is 5.97 Å². The molecule has 0 amide bonds. The molecule has 2 rings (SSSR count). The number of hydrogen-bond acceptors (Lipinski definition) is 4. The second-order valence-corrected chi connectivity index (χ2v) is 6.78. The highest BCUT2D eigenvalue weighted by atomic mass is 16.4. The van der Waals surface area contributed by atoms with Gasteiger partial charge in [-0.1, -0.05) is 33.6 Å². The molecule has 1 aliphatic carbocycles. The van der Waals surface area contributed by atoms with Crippen molar-refractivity contribution in [2.24, 2.45) is 10.8 Å². The summed E-state index contributed by atoms with van der Waals surface area (Å²) in [5, 5.41) is 21.2. The van der Waals surface area contributed by atoms with Gasteiger partial charge in [0.05, 0.1) is 12.0 Å². The Balaban J connectivity index is 2.19. The van der Waals surface area contributed by atoms with Crippen LogP contribution >= 0.6 is 0 Å². The van der Waals surface area contributed by atoms with Crippen LogP contribution in [0.5, 0.6) is 0 Å². The molecule has 0 unspecified atom stereocenters. The van der Waals surface area contributed by atoms with Gasteiger partial charge in [-0.05, 0) is 28.7 Å². The van der Waals surface area contributed by atoms with Gasteiger partial charge in [0, 0.05) is 6.42 Å². The Labute approximate surface area is 113 Å². The predicted molar refractivity (Wildman–Crippen MR) is 69.5 cm³/mol. The van der Waals surface area contributed by atoms with E-state index in [4.69, 9.17) is 0 Å². The van der Waals surface area contributed by atoms with Gasteiger partial charge < -0.3 is 5.11 Å². The summed E-state index contributed by atoms with van der Waals surface area (Å²) in [6.07, 6.45) is 4.13. The zero-order valence-electron chi connectivity index (χ0n) is 11.9. The van der Waals surface area contributed by atoms with Gasteiger partial charge in [0.2, 0.25) is 0 Å². The van der Waals surface area contributed by atoms with E-state index in [0.717, 1.165) is 37.9 Å². The molecule has 1 saturated carbocycles. The number of tetrazole rings is 1. The van der Waals surface area contributed by atoms with Gasteiger partial charge in [-0.15, -0.1) is 5.10 Å². The molecule has 1 aliphatic rings. The first kappa shape index (κ1) is 14.0. The van der Waals surface area contributed by atoms with Gasteiger partial charge in [0.1, 0.15) is 0 Å². The number of carboxylic acid groups (broad SMARTS) is 1. The van der Waals surface area contributed by atoms with Crippen molar-refractivity contribution >= 4 is 5.97 Å². The van der Waals surface area contributed by atoms with Crippen molar-refractivity contribution in [2.75, 3.05) is 0 Å². The quantitative estimate of drug-likeness (QED) is 0.900. The molecule has 1 aromatic heterocycles. The number of aromatic nitrogens is 4. The molecule has 0 radical (unpaired) electrons. The van der Waals surface area contributed by atoms with E-state index >= 15 is 0 Å². The van der Waals surface area contributed by atoms with E-state index in [0.29, 0.717) is 6.54 Å². The van der Waals surface area contributed by atoms with Gasteiger partial charge in [-0.2, -0.15) is 0 Å². The summed E-state index contributed by atoms with van der Waals surface area (Å²) in [5.41, 5.74) is -0.597. The van der Waals surface area contributed by atoms with Crippen LogP contribution in [0.3, 0.4) is 0 Å². The number of aliphatic carboxylic acids is 1. The van der Waals surface area contributed by atoms with Gasteiger partial charge in [-0.25, -0.2) is 4.68 Å². The highest BCUT2D eigenvalue weighted by Crippen LogP contribution is 2.40. The summed E-state index contributed by atoms with van der Waals surface area (Å²) < 4.78 is 1.69. The predicted octanol–water partition coefficient (Wildman–Crippen LogP) is 1.91. The number of hydrogen-bond donors (Lipinski definition) is 1. The van der Waals surface area contributed by atoms with Crippen molar-refractivity contribution < 1.29 is 9.90 Å². The molecule has 0 saturated heterocycles. The van der Waals surface area contributed by atoms with Crippen LogP contribution in [-0.4, -0.2) is 31.3 Å². The Morgan fingerprint density at radius 1 is 1.37 bits per heavy atom. The SMILES string of the molecule is CC(C)(C)Cc1nnnn1CC1(C(=O)O)CCCC1. The lowest BCUT2D eigenvalue weighted by Crippen LogP contribution is -2.34. The molecular weight excluding hydrogens is 244 g/mol. The number of carbonyl (C=O) groups is 1. The topological polar surface area (TPSA) is 80.9 Å². The van der Waals surface area contributed by atoms with Crippen molar-refractivity contribution in [3.05, 3.63) is 5.82 Å². The number of carboxylic acids is 1. The lowest BCUT2D eigenvalue weighted by Gasteiger charge is -2.24. The minimum atomic E-state index is -0.720. The van der Waals surface area contributed by atoms with Crippen molar-refractivity contribution in [3.63, 3.8) is 0 Å². The summed E-state index contributed by atoms with van der Waals surface area (Å²) in [5.74, 6) is 0.0576. The average molecular weight is 266 g/mol. The van der Waals surface area contributed by atoms with Crippen LogP contribution in [-0.2, 0) is 17.8 Å². The molecule has 6 nitrogen and oxygen atoms in total. The maximum absolute atomic E-state index is 11.6. The van der Waals surface area contributed by atoms with Crippen LogP contribution in [0.2, 0.25) is 0 Å². The molecule has 0 spiro atoms. The highest BCUT2D eigenvalue weighted by molar-refractivity contribution is 5.74. The maximum Gasteiger partial charge on any atom is 0.311 e.